The molecule has 0 fully saturated rings. The van der Waals surface area contributed by atoms with E-state index in [-0.39, 0.29) is 18.0 Å². The van der Waals surface area contributed by atoms with Gasteiger partial charge >= 0.3 is 0 Å². The van der Waals surface area contributed by atoms with Crippen molar-refractivity contribution in [2.24, 2.45) is 0 Å². The maximum Gasteiger partial charge on any atom is 0.264 e. The van der Waals surface area contributed by atoms with Crippen LogP contribution in [-0.4, -0.2) is 26.9 Å². The summed E-state index contributed by atoms with van der Waals surface area (Å²) in [6, 6.07) is 22.2. The molecule has 5 rings (SSSR count). The number of amides is 1. The predicted octanol–water partition coefficient (Wildman–Crippen LogP) is 4.11. The molecular formula is C25H20ClN3O3. The van der Waals surface area contributed by atoms with Gasteiger partial charge in [0, 0.05) is 18.0 Å². The molecule has 1 aliphatic rings. The smallest absolute Gasteiger partial charge is 0.264 e. The molecule has 1 N–H and O–H groups in total. The van der Waals surface area contributed by atoms with Crippen LogP contribution in [0.1, 0.15) is 17.0 Å². The number of carbonyl (C=O) groups excluding carboxylic acids is 1. The molecule has 1 aliphatic heterocycles. The standard InChI is InChI=1S/C25H20ClN3O3/c26-18-10-11-21-17(12-18)13-22(32-21)25(31)29(14-16-6-2-1-3-7-16)15-23-27-20-9-5-4-8-19(20)24(30)28-23/h1-12,22H,13-15H2,(H,27,28,30)/t22-/m0/s1. The lowest BCUT2D eigenvalue weighted by Gasteiger charge is -2.25. The number of fused-ring (bicyclic) bond motifs is 2. The Labute approximate surface area is 189 Å². The van der Waals surface area contributed by atoms with Crippen LogP contribution in [0.3, 0.4) is 0 Å². The van der Waals surface area contributed by atoms with Gasteiger partial charge in [0.1, 0.15) is 11.6 Å². The largest absolute Gasteiger partial charge is 0.480 e. The summed E-state index contributed by atoms with van der Waals surface area (Å²) >= 11 is 6.10. The summed E-state index contributed by atoms with van der Waals surface area (Å²) < 4.78 is 5.93. The van der Waals surface area contributed by atoms with E-state index in [1.54, 1.807) is 35.2 Å². The second-order valence-electron chi connectivity index (χ2n) is 7.77. The van der Waals surface area contributed by atoms with Crippen molar-refractivity contribution >= 4 is 28.4 Å². The van der Waals surface area contributed by atoms with Crippen LogP contribution in [0.4, 0.5) is 0 Å². The molecule has 7 heteroatoms. The van der Waals surface area contributed by atoms with Crippen LogP contribution >= 0.6 is 11.6 Å². The highest BCUT2D eigenvalue weighted by Crippen LogP contribution is 2.32. The minimum atomic E-state index is -0.653. The molecule has 1 amide bonds. The number of hydrogen-bond acceptors (Lipinski definition) is 4. The molecule has 0 spiro atoms. The fourth-order valence-corrected chi connectivity index (χ4v) is 4.16. The number of H-pyrrole nitrogens is 1. The summed E-state index contributed by atoms with van der Waals surface area (Å²) in [7, 11) is 0. The molecule has 0 saturated heterocycles. The van der Waals surface area contributed by atoms with Crippen LogP contribution in [-0.2, 0) is 24.3 Å². The molecule has 0 saturated carbocycles. The maximum atomic E-state index is 13.5. The van der Waals surface area contributed by atoms with Gasteiger partial charge in [-0.3, -0.25) is 9.59 Å². The van der Waals surface area contributed by atoms with Crippen molar-refractivity contribution in [1.82, 2.24) is 14.9 Å². The van der Waals surface area contributed by atoms with Crippen molar-refractivity contribution in [3.05, 3.63) is 105 Å². The van der Waals surface area contributed by atoms with Crippen molar-refractivity contribution in [3.63, 3.8) is 0 Å². The lowest BCUT2D eigenvalue weighted by Crippen LogP contribution is -2.41. The minimum Gasteiger partial charge on any atom is -0.480 e. The molecule has 2 heterocycles. The normalized spacial score (nSPS) is 14.7. The molecule has 0 bridgehead atoms. The van der Waals surface area contributed by atoms with E-state index in [0.29, 0.717) is 40.5 Å². The molecule has 3 aromatic carbocycles. The summed E-state index contributed by atoms with van der Waals surface area (Å²) in [5.74, 6) is 0.929. The summed E-state index contributed by atoms with van der Waals surface area (Å²) in [5, 5.41) is 1.13. The number of halogens is 1. The first kappa shape index (κ1) is 20.3. The lowest BCUT2D eigenvalue weighted by atomic mass is 10.1. The van der Waals surface area contributed by atoms with Crippen LogP contribution in [0.15, 0.2) is 77.6 Å². The molecular weight excluding hydrogens is 426 g/mol. The van der Waals surface area contributed by atoms with Crippen LogP contribution in [0.25, 0.3) is 10.9 Å². The van der Waals surface area contributed by atoms with Crippen molar-refractivity contribution in [1.29, 1.82) is 0 Å². The lowest BCUT2D eigenvalue weighted by molar-refractivity contribution is -0.139. The fourth-order valence-electron chi connectivity index (χ4n) is 3.96. The van der Waals surface area contributed by atoms with Gasteiger partial charge in [-0.25, -0.2) is 4.98 Å². The number of nitrogens with one attached hydrogen (secondary N) is 1. The second-order valence-corrected chi connectivity index (χ2v) is 8.21. The Morgan fingerprint density at radius 1 is 1.06 bits per heavy atom. The molecule has 1 aromatic heterocycles. The molecule has 1 atom stereocenters. The quantitative estimate of drug-likeness (QED) is 0.501. The van der Waals surface area contributed by atoms with Crippen molar-refractivity contribution in [2.75, 3.05) is 0 Å². The van der Waals surface area contributed by atoms with Crippen LogP contribution in [0, 0.1) is 0 Å². The van der Waals surface area contributed by atoms with Crippen molar-refractivity contribution in [3.8, 4) is 5.75 Å². The Morgan fingerprint density at radius 3 is 2.69 bits per heavy atom. The van der Waals surface area contributed by atoms with E-state index < -0.39 is 6.10 Å². The van der Waals surface area contributed by atoms with Gasteiger partial charge in [0.25, 0.3) is 11.5 Å². The fraction of sp³-hybridized carbons (Fsp3) is 0.160. The van der Waals surface area contributed by atoms with Gasteiger partial charge in [-0.15, -0.1) is 0 Å². The summed E-state index contributed by atoms with van der Waals surface area (Å²) in [6.07, 6.45) is -0.207. The second kappa shape index (κ2) is 8.48. The number of hydrogen-bond donors (Lipinski definition) is 1. The molecule has 0 radical (unpaired) electrons. The number of benzene rings is 3. The molecule has 0 unspecified atom stereocenters. The van der Waals surface area contributed by atoms with Gasteiger partial charge in [-0.1, -0.05) is 54.1 Å². The average Bonchev–Trinajstić information content (AvgIpc) is 3.22. The third-order valence-corrected chi connectivity index (χ3v) is 5.74. The highest BCUT2D eigenvalue weighted by molar-refractivity contribution is 6.30. The maximum absolute atomic E-state index is 13.5. The first-order chi connectivity index (χ1) is 15.6. The molecule has 6 nitrogen and oxygen atoms in total. The molecule has 32 heavy (non-hydrogen) atoms. The summed E-state index contributed by atoms with van der Waals surface area (Å²) in [6.45, 7) is 0.526. The number of aromatic nitrogens is 2. The number of rotatable bonds is 5. The van der Waals surface area contributed by atoms with Crippen LogP contribution in [0.5, 0.6) is 5.75 Å². The van der Waals surface area contributed by atoms with Gasteiger partial charge in [0.2, 0.25) is 0 Å². The Hall–Kier alpha value is -3.64. The van der Waals surface area contributed by atoms with Gasteiger partial charge < -0.3 is 14.6 Å². The Kier molecular flexibility index (Phi) is 5.37. The minimum absolute atomic E-state index is 0.158. The zero-order valence-corrected chi connectivity index (χ0v) is 17.9. The van der Waals surface area contributed by atoms with E-state index in [1.165, 1.54) is 0 Å². The number of nitrogens with zero attached hydrogens (tertiary/aromatic N) is 2. The van der Waals surface area contributed by atoms with E-state index in [4.69, 9.17) is 16.3 Å². The predicted molar refractivity (Wildman–Crippen MR) is 123 cm³/mol. The molecule has 0 aliphatic carbocycles. The highest BCUT2D eigenvalue weighted by Gasteiger charge is 2.33. The Balaban J connectivity index is 1.44. The average molecular weight is 446 g/mol. The third kappa shape index (κ3) is 4.09. The highest BCUT2D eigenvalue weighted by atomic mass is 35.5. The van der Waals surface area contributed by atoms with Gasteiger partial charge in [-0.05, 0) is 41.5 Å². The SMILES string of the molecule is O=C([C@@H]1Cc2cc(Cl)ccc2O1)N(Cc1ccccc1)Cc1nc2ccccc2c(=O)[nH]1. The Morgan fingerprint density at radius 2 is 1.84 bits per heavy atom. The van der Waals surface area contributed by atoms with Gasteiger partial charge in [0.15, 0.2) is 6.10 Å². The number of carbonyl (C=O) groups is 1. The van der Waals surface area contributed by atoms with Crippen LogP contribution in [0.2, 0.25) is 5.02 Å². The summed E-state index contributed by atoms with van der Waals surface area (Å²) in [4.78, 5) is 35.1. The zero-order valence-electron chi connectivity index (χ0n) is 17.1. The monoisotopic (exact) mass is 445 g/mol. The van der Waals surface area contributed by atoms with E-state index >= 15 is 0 Å². The first-order valence-electron chi connectivity index (χ1n) is 10.3. The number of para-hydroxylation sites is 1. The number of ether oxygens (including phenoxy) is 1. The topological polar surface area (TPSA) is 75.3 Å². The van der Waals surface area contributed by atoms with Gasteiger partial charge in [0.05, 0.1) is 17.4 Å². The van der Waals surface area contributed by atoms with E-state index in [9.17, 15) is 9.59 Å². The zero-order chi connectivity index (χ0) is 22.1. The molecule has 160 valence electrons. The third-order valence-electron chi connectivity index (χ3n) is 5.50. The summed E-state index contributed by atoms with van der Waals surface area (Å²) in [5.41, 5.74) is 2.25. The number of aromatic amines is 1. The van der Waals surface area contributed by atoms with E-state index in [0.717, 1.165) is 11.1 Å². The molecule has 4 aromatic rings. The van der Waals surface area contributed by atoms with Crippen LogP contribution < -0.4 is 10.3 Å². The van der Waals surface area contributed by atoms with E-state index in [2.05, 4.69) is 9.97 Å². The van der Waals surface area contributed by atoms with Crippen molar-refractivity contribution < 1.29 is 9.53 Å². The van der Waals surface area contributed by atoms with Gasteiger partial charge in [-0.2, -0.15) is 0 Å². The first-order valence-corrected chi connectivity index (χ1v) is 10.7. The Bertz CT molecular complexity index is 1350. The van der Waals surface area contributed by atoms with Crippen molar-refractivity contribution in [2.45, 2.75) is 25.6 Å². The van der Waals surface area contributed by atoms with E-state index in [1.807, 2.05) is 42.5 Å².